The van der Waals surface area contributed by atoms with Gasteiger partial charge in [-0.15, -0.1) is 0 Å². The lowest BCUT2D eigenvalue weighted by molar-refractivity contribution is 0.477. The molecule has 0 saturated carbocycles. The fourth-order valence-electron chi connectivity index (χ4n) is 3.10. The molecule has 6 nitrogen and oxygen atoms in total. The number of para-hydroxylation sites is 1. The molecule has 4 rings (SSSR count). The van der Waals surface area contributed by atoms with E-state index in [2.05, 4.69) is 34.1 Å². The minimum absolute atomic E-state index is 0.187. The number of imidazole rings is 1. The summed E-state index contributed by atoms with van der Waals surface area (Å²) in [6, 6.07) is 15.5. The minimum Gasteiger partial charge on any atom is -0.507 e. The summed E-state index contributed by atoms with van der Waals surface area (Å²) in [6.07, 6.45) is 1.76. The predicted molar refractivity (Wildman–Crippen MR) is 112 cm³/mol. The van der Waals surface area contributed by atoms with Gasteiger partial charge >= 0.3 is 0 Å². The van der Waals surface area contributed by atoms with Gasteiger partial charge in [-0.1, -0.05) is 42.5 Å². The number of aromatic nitrogens is 4. The Morgan fingerprint density at radius 3 is 2.54 bits per heavy atom. The molecule has 2 N–H and O–H groups in total. The number of aromatic hydroxyl groups is 1. The molecule has 2 aromatic heterocycles. The fourth-order valence-corrected chi connectivity index (χ4v) is 3.26. The van der Waals surface area contributed by atoms with Gasteiger partial charge in [-0.2, -0.15) is 9.97 Å². The topological polar surface area (TPSA) is 75.9 Å². The average Bonchev–Trinajstić information content (AvgIpc) is 3.11. The van der Waals surface area contributed by atoms with Gasteiger partial charge in [0.25, 0.3) is 0 Å². The number of halogens is 1. The summed E-state index contributed by atoms with van der Waals surface area (Å²) in [5, 5.41) is 13.5. The van der Waals surface area contributed by atoms with Gasteiger partial charge < -0.3 is 15.0 Å². The second-order valence-corrected chi connectivity index (χ2v) is 7.16. The van der Waals surface area contributed by atoms with Crippen molar-refractivity contribution < 1.29 is 5.11 Å². The third-order valence-corrected chi connectivity index (χ3v) is 4.75. The van der Waals surface area contributed by atoms with E-state index in [-0.39, 0.29) is 17.1 Å². The van der Waals surface area contributed by atoms with E-state index in [0.29, 0.717) is 23.5 Å². The van der Waals surface area contributed by atoms with Crippen molar-refractivity contribution in [1.82, 2.24) is 19.5 Å². The van der Waals surface area contributed by atoms with Gasteiger partial charge in [-0.3, -0.25) is 0 Å². The van der Waals surface area contributed by atoms with E-state index in [0.717, 1.165) is 16.7 Å². The van der Waals surface area contributed by atoms with Gasteiger partial charge in [0.2, 0.25) is 5.28 Å². The summed E-state index contributed by atoms with van der Waals surface area (Å²) in [5.41, 5.74) is 4.26. The molecule has 0 bridgehead atoms. The second kappa shape index (κ2) is 7.48. The molecule has 0 atom stereocenters. The number of phenolic OH excluding ortho intramolecular Hbond substituents is 1. The molecule has 0 fully saturated rings. The minimum atomic E-state index is 0.187. The first-order valence-corrected chi connectivity index (χ1v) is 9.42. The van der Waals surface area contributed by atoms with Crippen LogP contribution in [0.3, 0.4) is 0 Å². The Morgan fingerprint density at radius 2 is 1.82 bits per heavy atom. The highest BCUT2D eigenvalue weighted by atomic mass is 35.5. The molecule has 2 aromatic carbocycles. The van der Waals surface area contributed by atoms with Crippen molar-refractivity contribution >= 4 is 28.6 Å². The molecule has 0 aliphatic rings. The highest BCUT2D eigenvalue weighted by Crippen LogP contribution is 2.29. The molecule has 0 saturated heterocycles. The third-order valence-electron chi connectivity index (χ3n) is 4.58. The fraction of sp³-hybridized carbons (Fsp3) is 0.190. The van der Waals surface area contributed by atoms with E-state index in [1.807, 2.05) is 47.0 Å². The number of fused-ring (bicyclic) bond motifs is 1. The standard InChI is InChI=1S/C21H20ClN5O/c1-13(2)27-12-24-18-19(25-21(22)26-20(18)27)23-11-14-7-9-15(10-8-14)16-5-3-4-6-17(16)28/h3-10,12-13,28H,11H2,1-2H3,(H,23,25,26). The first-order chi connectivity index (χ1) is 13.5. The van der Waals surface area contributed by atoms with E-state index in [1.54, 1.807) is 12.4 Å². The Balaban J connectivity index is 1.56. The lowest BCUT2D eigenvalue weighted by atomic mass is 10.0. The largest absolute Gasteiger partial charge is 0.507 e. The number of rotatable bonds is 5. The van der Waals surface area contributed by atoms with Gasteiger partial charge in [0, 0.05) is 18.2 Å². The van der Waals surface area contributed by atoms with Crippen LogP contribution in [0.1, 0.15) is 25.5 Å². The predicted octanol–water partition coefficient (Wildman–Crippen LogP) is 5.05. The quantitative estimate of drug-likeness (QED) is 0.464. The van der Waals surface area contributed by atoms with E-state index < -0.39 is 0 Å². The van der Waals surface area contributed by atoms with Crippen molar-refractivity contribution in [3.63, 3.8) is 0 Å². The molecule has 0 unspecified atom stereocenters. The number of nitrogens with zero attached hydrogens (tertiary/aromatic N) is 4. The van der Waals surface area contributed by atoms with E-state index in [4.69, 9.17) is 11.6 Å². The lowest BCUT2D eigenvalue weighted by Crippen LogP contribution is -2.05. The van der Waals surface area contributed by atoms with E-state index >= 15 is 0 Å². The Bertz CT molecular complexity index is 1120. The van der Waals surface area contributed by atoms with Crippen molar-refractivity contribution in [2.75, 3.05) is 5.32 Å². The second-order valence-electron chi connectivity index (χ2n) is 6.83. The summed E-state index contributed by atoms with van der Waals surface area (Å²) in [4.78, 5) is 13.1. The maximum atomic E-state index is 10.0. The number of hydrogen-bond acceptors (Lipinski definition) is 5. The van der Waals surface area contributed by atoms with Gasteiger partial charge in [-0.05, 0) is 42.6 Å². The SMILES string of the molecule is CC(C)n1cnc2c(NCc3ccc(-c4ccccc4O)cc3)nc(Cl)nc21. The van der Waals surface area contributed by atoms with Gasteiger partial charge in [0.15, 0.2) is 17.0 Å². The molecule has 7 heteroatoms. The smallest absolute Gasteiger partial charge is 0.226 e. The summed E-state index contributed by atoms with van der Waals surface area (Å²) < 4.78 is 1.97. The van der Waals surface area contributed by atoms with Crippen LogP contribution in [0.4, 0.5) is 5.82 Å². The van der Waals surface area contributed by atoms with Crippen LogP contribution in [0.25, 0.3) is 22.3 Å². The number of hydrogen-bond donors (Lipinski definition) is 2. The Hall–Kier alpha value is -3.12. The summed E-state index contributed by atoms with van der Waals surface area (Å²) in [6.45, 7) is 4.70. The van der Waals surface area contributed by atoms with Crippen molar-refractivity contribution in [1.29, 1.82) is 0 Å². The van der Waals surface area contributed by atoms with E-state index in [1.165, 1.54) is 0 Å². The van der Waals surface area contributed by atoms with Crippen LogP contribution in [0.2, 0.25) is 5.28 Å². The number of anilines is 1. The van der Waals surface area contributed by atoms with Crippen LogP contribution < -0.4 is 5.32 Å². The summed E-state index contributed by atoms with van der Waals surface area (Å²) >= 11 is 6.12. The number of phenols is 1. The van der Waals surface area contributed by atoms with Crippen LogP contribution >= 0.6 is 11.6 Å². The normalized spacial score (nSPS) is 11.3. The highest BCUT2D eigenvalue weighted by molar-refractivity contribution is 6.28. The zero-order chi connectivity index (χ0) is 19.7. The Kier molecular flexibility index (Phi) is 4.88. The first kappa shape index (κ1) is 18.3. The third kappa shape index (κ3) is 3.51. The Morgan fingerprint density at radius 1 is 1.07 bits per heavy atom. The molecule has 2 heterocycles. The molecular formula is C21H20ClN5O. The molecule has 0 radical (unpaired) electrons. The molecule has 0 aliphatic heterocycles. The van der Waals surface area contributed by atoms with Gasteiger partial charge in [0.1, 0.15) is 5.75 Å². The van der Waals surface area contributed by atoms with Crippen LogP contribution in [-0.2, 0) is 6.54 Å². The van der Waals surface area contributed by atoms with Gasteiger partial charge in [0.05, 0.1) is 6.33 Å². The maximum absolute atomic E-state index is 10.0. The van der Waals surface area contributed by atoms with Crippen LogP contribution in [0.15, 0.2) is 54.9 Å². The number of nitrogens with one attached hydrogen (secondary N) is 1. The first-order valence-electron chi connectivity index (χ1n) is 9.04. The average molecular weight is 394 g/mol. The molecule has 0 amide bonds. The molecule has 142 valence electrons. The monoisotopic (exact) mass is 393 g/mol. The maximum Gasteiger partial charge on any atom is 0.226 e. The molecule has 0 spiro atoms. The summed E-state index contributed by atoms with van der Waals surface area (Å²) in [7, 11) is 0. The molecule has 28 heavy (non-hydrogen) atoms. The van der Waals surface area contributed by atoms with Crippen LogP contribution in [-0.4, -0.2) is 24.6 Å². The van der Waals surface area contributed by atoms with Crippen LogP contribution in [0, 0.1) is 0 Å². The zero-order valence-corrected chi connectivity index (χ0v) is 16.4. The molecular weight excluding hydrogens is 374 g/mol. The lowest BCUT2D eigenvalue weighted by Gasteiger charge is -2.10. The Labute approximate surface area is 167 Å². The van der Waals surface area contributed by atoms with Crippen LogP contribution in [0.5, 0.6) is 5.75 Å². The van der Waals surface area contributed by atoms with Crippen molar-refractivity contribution in [2.24, 2.45) is 0 Å². The molecule has 4 aromatic rings. The van der Waals surface area contributed by atoms with Crippen molar-refractivity contribution in [3.05, 3.63) is 65.7 Å². The number of benzene rings is 2. The van der Waals surface area contributed by atoms with Gasteiger partial charge in [-0.25, -0.2) is 4.98 Å². The zero-order valence-electron chi connectivity index (χ0n) is 15.6. The molecule has 0 aliphatic carbocycles. The van der Waals surface area contributed by atoms with E-state index in [9.17, 15) is 5.11 Å². The van der Waals surface area contributed by atoms with Crippen molar-refractivity contribution in [3.8, 4) is 16.9 Å². The summed E-state index contributed by atoms with van der Waals surface area (Å²) in [5.74, 6) is 0.881. The highest BCUT2D eigenvalue weighted by Gasteiger charge is 2.14. The van der Waals surface area contributed by atoms with Crippen molar-refractivity contribution in [2.45, 2.75) is 26.4 Å².